The number of sulfonamides is 1. The number of nitrogens with one attached hydrogen (secondary N) is 1. The molecule has 3 rings (SSSR count). The van der Waals surface area contributed by atoms with E-state index in [1.165, 1.54) is 11.0 Å². The van der Waals surface area contributed by atoms with Gasteiger partial charge in [-0.2, -0.15) is 0 Å². The Kier molecular flexibility index (Phi) is 9.41. The van der Waals surface area contributed by atoms with E-state index in [2.05, 4.69) is 5.32 Å². The minimum absolute atomic E-state index is 0.170. The molecule has 0 radical (unpaired) electrons. The molecular formula is C28H32FN3O4S. The van der Waals surface area contributed by atoms with Gasteiger partial charge in [-0.25, -0.2) is 12.8 Å². The maximum Gasteiger partial charge on any atom is 0.244 e. The van der Waals surface area contributed by atoms with Gasteiger partial charge in [-0.3, -0.25) is 13.9 Å². The summed E-state index contributed by atoms with van der Waals surface area (Å²) in [7, 11) is -3.84. The number of amides is 2. The van der Waals surface area contributed by atoms with E-state index < -0.39 is 40.2 Å². The Labute approximate surface area is 218 Å². The van der Waals surface area contributed by atoms with Gasteiger partial charge in [0.25, 0.3) is 0 Å². The zero-order valence-corrected chi connectivity index (χ0v) is 22.0. The highest BCUT2D eigenvalue weighted by atomic mass is 32.2. The molecule has 196 valence electrons. The second-order valence-corrected chi connectivity index (χ2v) is 11.0. The van der Waals surface area contributed by atoms with Crippen molar-refractivity contribution in [3.63, 3.8) is 0 Å². The van der Waals surface area contributed by atoms with Crippen molar-refractivity contribution in [1.29, 1.82) is 0 Å². The molecule has 0 heterocycles. The molecular weight excluding hydrogens is 493 g/mol. The van der Waals surface area contributed by atoms with E-state index in [0.717, 1.165) is 16.1 Å². The monoisotopic (exact) mass is 525 g/mol. The summed E-state index contributed by atoms with van der Waals surface area (Å²) in [5.41, 5.74) is 1.34. The Morgan fingerprint density at radius 2 is 1.46 bits per heavy atom. The molecule has 0 unspecified atom stereocenters. The van der Waals surface area contributed by atoms with Crippen molar-refractivity contribution in [3.05, 3.63) is 102 Å². The molecule has 0 spiro atoms. The first kappa shape index (κ1) is 27.9. The average molecular weight is 526 g/mol. The third kappa shape index (κ3) is 7.88. The number of anilines is 1. The van der Waals surface area contributed by atoms with Gasteiger partial charge in [0.1, 0.15) is 18.4 Å². The Balaban J connectivity index is 2.05. The smallest absolute Gasteiger partial charge is 0.244 e. The van der Waals surface area contributed by atoms with E-state index in [0.29, 0.717) is 5.69 Å². The average Bonchev–Trinajstić information content (AvgIpc) is 2.85. The molecule has 1 atom stereocenters. The maximum atomic E-state index is 14.7. The quantitative estimate of drug-likeness (QED) is 0.413. The van der Waals surface area contributed by atoms with E-state index in [-0.39, 0.29) is 24.6 Å². The van der Waals surface area contributed by atoms with Crippen LogP contribution in [-0.2, 0) is 32.6 Å². The van der Waals surface area contributed by atoms with Gasteiger partial charge in [-0.15, -0.1) is 0 Å². The molecule has 0 aliphatic rings. The van der Waals surface area contributed by atoms with E-state index in [9.17, 15) is 22.4 Å². The van der Waals surface area contributed by atoms with Gasteiger partial charge in [0.05, 0.1) is 11.9 Å². The predicted molar refractivity (Wildman–Crippen MR) is 143 cm³/mol. The van der Waals surface area contributed by atoms with Crippen molar-refractivity contribution < 1.29 is 22.4 Å². The van der Waals surface area contributed by atoms with Gasteiger partial charge in [0.2, 0.25) is 21.8 Å². The number of hydrogen-bond donors (Lipinski definition) is 1. The Morgan fingerprint density at radius 3 is 2.03 bits per heavy atom. The minimum Gasteiger partial charge on any atom is -0.352 e. The van der Waals surface area contributed by atoms with Gasteiger partial charge in [-0.05, 0) is 37.6 Å². The molecule has 0 aliphatic carbocycles. The molecule has 3 aromatic rings. The number of carbonyl (C=O) groups excluding carboxylic acids is 2. The van der Waals surface area contributed by atoms with Crippen molar-refractivity contribution in [1.82, 2.24) is 10.2 Å². The Bertz CT molecular complexity index is 1300. The topological polar surface area (TPSA) is 86.8 Å². The molecule has 0 saturated carbocycles. The van der Waals surface area contributed by atoms with E-state index in [1.54, 1.807) is 62.4 Å². The standard InChI is InChI=1S/C28H32FN3O4S/c1-21(2)30-28(34)26(18-22-12-6-4-7-13-22)31(19-23-14-10-11-17-25(23)29)27(33)20-32(37(3,35)36)24-15-8-5-9-16-24/h4-17,21,26H,18-20H2,1-3H3,(H,30,34)/t26-/m0/s1. The second kappa shape index (κ2) is 12.5. The van der Waals surface area contributed by atoms with Crippen molar-refractivity contribution in [2.45, 2.75) is 38.9 Å². The van der Waals surface area contributed by atoms with Crippen LogP contribution in [0, 0.1) is 5.82 Å². The van der Waals surface area contributed by atoms with Crippen LogP contribution in [0.1, 0.15) is 25.0 Å². The van der Waals surface area contributed by atoms with Crippen LogP contribution in [0.5, 0.6) is 0 Å². The molecule has 0 saturated heterocycles. The molecule has 1 N–H and O–H groups in total. The molecule has 0 aliphatic heterocycles. The number of carbonyl (C=O) groups is 2. The highest BCUT2D eigenvalue weighted by molar-refractivity contribution is 7.92. The summed E-state index contributed by atoms with van der Waals surface area (Å²) in [4.78, 5) is 28.5. The number of rotatable bonds is 11. The maximum absolute atomic E-state index is 14.7. The van der Waals surface area contributed by atoms with Crippen molar-refractivity contribution in [2.24, 2.45) is 0 Å². The first-order valence-electron chi connectivity index (χ1n) is 12.0. The van der Waals surface area contributed by atoms with Crippen molar-refractivity contribution >= 4 is 27.5 Å². The molecule has 37 heavy (non-hydrogen) atoms. The lowest BCUT2D eigenvalue weighted by Gasteiger charge is -2.34. The van der Waals surface area contributed by atoms with Crippen LogP contribution in [0.25, 0.3) is 0 Å². The fourth-order valence-corrected chi connectivity index (χ4v) is 4.80. The SMILES string of the molecule is CC(C)NC(=O)[C@H](Cc1ccccc1)N(Cc1ccccc1F)C(=O)CN(c1ccccc1)S(C)(=O)=O. The fourth-order valence-electron chi connectivity index (χ4n) is 3.95. The first-order chi connectivity index (χ1) is 17.6. The number of para-hydroxylation sites is 1. The lowest BCUT2D eigenvalue weighted by molar-refractivity contribution is -0.140. The lowest BCUT2D eigenvalue weighted by Crippen LogP contribution is -2.54. The van der Waals surface area contributed by atoms with E-state index >= 15 is 0 Å². The van der Waals surface area contributed by atoms with Gasteiger partial charge in [0.15, 0.2) is 0 Å². The van der Waals surface area contributed by atoms with Crippen molar-refractivity contribution in [3.8, 4) is 0 Å². The molecule has 0 bridgehead atoms. The van der Waals surface area contributed by atoms with Gasteiger partial charge >= 0.3 is 0 Å². The summed E-state index contributed by atoms with van der Waals surface area (Å²) in [6.45, 7) is 2.86. The summed E-state index contributed by atoms with van der Waals surface area (Å²) in [6.07, 6.45) is 1.19. The van der Waals surface area contributed by atoms with Crippen LogP contribution >= 0.6 is 0 Å². The summed E-state index contributed by atoms with van der Waals surface area (Å²) >= 11 is 0. The van der Waals surface area contributed by atoms with Crippen molar-refractivity contribution in [2.75, 3.05) is 17.1 Å². The fraction of sp³-hybridized carbons (Fsp3) is 0.286. The third-order valence-electron chi connectivity index (χ3n) is 5.72. The van der Waals surface area contributed by atoms with Gasteiger partial charge < -0.3 is 10.2 Å². The van der Waals surface area contributed by atoms with Crippen LogP contribution < -0.4 is 9.62 Å². The number of hydrogen-bond acceptors (Lipinski definition) is 4. The lowest BCUT2D eigenvalue weighted by atomic mass is 10.0. The van der Waals surface area contributed by atoms with Crippen LogP contribution in [-0.4, -0.2) is 50.0 Å². The van der Waals surface area contributed by atoms with Crippen LogP contribution in [0.4, 0.5) is 10.1 Å². The zero-order valence-electron chi connectivity index (χ0n) is 21.2. The molecule has 9 heteroatoms. The minimum atomic E-state index is -3.84. The Morgan fingerprint density at radius 1 is 0.892 bits per heavy atom. The molecule has 0 fully saturated rings. The summed E-state index contributed by atoms with van der Waals surface area (Å²) in [6, 6.07) is 22.2. The zero-order chi connectivity index (χ0) is 27.0. The molecule has 7 nitrogen and oxygen atoms in total. The Hall–Kier alpha value is -3.72. The molecule has 3 aromatic carbocycles. The normalized spacial score (nSPS) is 12.1. The molecule has 0 aromatic heterocycles. The second-order valence-electron chi connectivity index (χ2n) is 9.09. The summed E-state index contributed by atoms with van der Waals surface area (Å²) in [5, 5.41) is 2.86. The largest absolute Gasteiger partial charge is 0.352 e. The number of benzene rings is 3. The third-order valence-corrected chi connectivity index (χ3v) is 6.86. The van der Waals surface area contributed by atoms with Gasteiger partial charge in [0, 0.05) is 24.6 Å². The van der Waals surface area contributed by atoms with Crippen LogP contribution in [0.2, 0.25) is 0 Å². The molecule has 2 amide bonds. The highest BCUT2D eigenvalue weighted by Gasteiger charge is 2.33. The highest BCUT2D eigenvalue weighted by Crippen LogP contribution is 2.21. The van der Waals surface area contributed by atoms with Crippen LogP contribution in [0.3, 0.4) is 0 Å². The summed E-state index contributed by atoms with van der Waals surface area (Å²) < 4.78 is 41.0. The number of halogens is 1. The predicted octanol–water partition coefficient (Wildman–Crippen LogP) is 3.76. The summed E-state index contributed by atoms with van der Waals surface area (Å²) in [5.74, 6) is -1.56. The van der Waals surface area contributed by atoms with E-state index in [1.807, 2.05) is 30.3 Å². The van der Waals surface area contributed by atoms with E-state index in [4.69, 9.17) is 0 Å². The van der Waals surface area contributed by atoms with Crippen LogP contribution in [0.15, 0.2) is 84.9 Å². The van der Waals surface area contributed by atoms with Gasteiger partial charge in [-0.1, -0.05) is 66.7 Å². The first-order valence-corrected chi connectivity index (χ1v) is 13.8. The number of nitrogens with zero attached hydrogens (tertiary/aromatic N) is 2.